The van der Waals surface area contributed by atoms with Crippen LogP contribution in [-0.4, -0.2) is 47.1 Å². The Morgan fingerprint density at radius 2 is 2.08 bits per heavy atom. The third-order valence-electron chi connectivity index (χ3n) is 5.13. The van der Waals surface area contributed by atoms with Crippen LogP contribution in [0.4, 0.5) is 0 Å². The van der Waals surface area contributed by atoms with E-state index in [0.717, 1.165) is 50.9 Å². The van der Waals surface area contributed by atoms with Gasteiger partial charge in [-0.3, -0.25) is 4.79 Å². The SMILES string of the molecule is O=C(CCc1nc(-c2ccco2)no1)N1CC[C@@H]2CNC[C@@H]2CC1. The van der Waals surface area contributed by atoms with Crippen LogP contribution < -0.4 is 5.32 Å². The van der Waals surface area contributed by atoms with Crippen LogP contribution in [0.3, 0.4) is 0 Å². The van der Waals surface area contributed by atoms with Crippen LogP contribution in [0, 0.1) is 11.8 Å². The van der Waals surface area contributed by atoms with Gasteiger partial charge in [0, 0.05) is 25.9 Å². The second-order valence-corrected chi connectivity index (χ2v) is 6.63. The summed E-state index contributed by atoms with van der Waals surface area (Å²) >= 11 is 0. The van der Waals surface area contributed by atoms with Gasteiger partial charge < -0.3 is 19.2 Å². The van der Waals surface area contributed by atoms with Gasteiger partial charge >= 0.3 is 0 Å². The third-order valence-corrected chi connectivity index (χ3v) is 5.13. The average molecular weight is 330 g/mol. The number of fused-ring (bicyclic) bond motifs is 1. The summed E-state index contributed by atoms with van der Waals surface area (Å²) < 4.78 is 10.4. The van der Waals surface area contributed by atoms with Crippen LogP contribution in [0.2, 0.25) is 0 Å². The van der Waals surface area contributed by atoms with Crippen molar-refractivity contribution in [3.63, 3.8) is 0 Å². The quantitative estimate of drug-likeness (QED) is 0.919. The van der Waals surface area contributed by atoms with E-state index < -0.39 is 0 Å². The molecule has 0 unspecified atom stereocenters. The van der Waals surface area contributed by atoms with Gasteiger partial charge in [0.2, 0.25) is 17.6 Å². The van der Waals surface area contributed by atoms with Crippen LogP contribution in [0.15, 0.2) is 27.3 Å². The summed E-state index contributed by atoms with van der Waals surface area (Å²) in [6.45, 7) is 3.93. The van der Waals surface area contributed by atoms with E-state index in [0.29, 0.717) is 30.3 Å². The number of aryl methyl sites for hydroxylation is 1. The van der Waals surface area contributed by atoms with Gasteiger partial charge in [-0.2, -0.15) is 4.98 Å². The molecule has 1 amide bonds. The van der Waals surface area contributed by atoms with Crippen molar-refractivity contribution in [1.29, 1.82) is 0 Å². The lowest BCUT2D eigenvalue weighted by Crippen LogP contribution is -2.32. The molecule has 24 heavy (non-hydrogen) atoms. The van der Waals surface area contributed by atoms with E-state index in [1.807, 2.05) is 4.90 Å². The molecule has 2 saturated heterocycles. The van der Waals surface area contributed by atoms with Crippen molar-refractivity contribution in [2.45, 2.75) is 25.7 Å². The molecule has 2 fully saturated rings. The van der Waals surface area contributed by atoms with Gasteiger partial charge in [0.25, 0.3) is 0 Å². The minimum atomic E-state index is 0.181. The Bertz CT molecular complexity index is 668. The maximum atomic E-state index is 12.5. The first-order chi connectivity index (χ1) is 11.8. The van der Waals surface area contributed by atoms with Gasteiger partial charge in [0.15, 0.2) is 5.76 Å². The van der Waals surface area contributed by atoms with Crippen LogP contribution in [-0.2, 0) is 11.2 Å². The highest BCUT2D eigenvalue weighted by atomic mass is 16.5. The molecule has 128 valence electrons. The third kappa shape index (κ3) is 3.21. The molecule has 0 saturated carbocycles. The lowest BCUT2D eigenvalue weighted by Gasteiger charge is -2.20. The molecule has 0 aliphatic carbocycles. The summed E-state index contributed by atoms with van der Waals surface area (Å²) in [6.07, 6.45) is 4.66. The van der Waals surface area contributed by atoms with Gasteiger partial charge in [-0.15, -0.1) is 0 Å². The minimum absolute atomic E-state index is 0.181. The number of nitrogens with zero attached hydrogens (tertiary/aromatic N) is 3. The zero-order valence-electron chi connectivity index (χ0n) is 13.6. The van der Waals surface area contributed by atoms with Gasteiger partial charge in [-0.1, -0.05) is 5.16 Å². The summed E-state index contributed by atoms with van der Waals surface area (Å²) in [5.41, 5.74) is 0. The molecule has 0 bridgehead atoms. The molecule has 0 radical (unpaired) electrons. The number of aromatic nitrogens is 2. The molecule has 2 aromatic rings. The van der Waals surface area contributed by atoms with Gasteiger partial charge in [0.1, 0.15) is 0 Å². The topological polar surface area (TPSA) is 84.4 Å². The fraction of sp³-hybridized carbons (Fsp3) is 0.588. The number of carbonyl (C=O) groups is 1. The Morgan fingerprint density at radius 3 is 2.79 bits per heavy atom. The predicted molar refractivity (Wildman–Crippen MR) is 86.0 cm³/mol. The van der Waals surface area contributed by atoms with E-state index in [1.54, 1.807) is 18.4 Å². The van der Waals surface area contributed by atoms with Gasteiger partial charge in [-0.25, -0.2) is 0 Å². The molecule has 2 aliphatic heterocycles. The summed E-state index contributed by atoms with van der Waals surface area (Å²) in [5.74, 6) is 3.12. The Kier molecular flexibility index (Phi) is 4.34. The molecule has 4 rings (SSSR count). The lowest BCUT2D eigenvalue weighted by atomic mass is 9.92. The van der Waals surface area contributed by atoms with E-state index in [9.17, 15) is 4.79 Å². The van der Waals surface area contributed by atoms with Crippen molar-refractivity contribution in [2.75, 3.05) is 26.2 Å². The molecule has 2 atom stereocenters. The van der Waals surface area contributed by atoms with Crippen molar-refractivity contribution in [3.8, 4) is 11.6 Å². The number of amides is 1. The van der Waals surface area contributed by atoms with Gasteiger partial charge in [-0.05, 0) is 49.9 Å². The largest absolute Gasteiger partial charge is 0.461 e. The molecule has 7 heteroatoms. The molecular formula is C17H22N4O3. The maximum Gasteiger partial charge on any atom is 0.238 e. The van der Waals surface area contributed by atoms with Crippen LogP contribution in [0.25, 0.3) is 11.6 Å². The molecular weight excluding hydrogens is 308 g/mol. The minimum Gasteiger partial charge on any atom is -0.461 e. The normalized spacial score (nSPS) is 23.9. The molecule has 2 aromatic heterocycles. The van der Waals surface area contributed by atoms with E-state index in [1.165, 1.54) is 0 Å². The smallest absolute Gasteiger partial charge is 0.238 e. The Labute approximate surface area is 140 Å². The molecule has 0 aromatic carbocycles. The lowest BCUT2D eigenvalue weighted by molar-refractivity contribution is -0.131. The van der Waals surface area contributed by atoms with Crippen molar-refractivity contribution in [3.05, 3.63) is 24.3 Å². The molecule has 0 spiro atoms. The summed E-state index contributed by atoms with van der Waals surface area (Å²) in [5, 5.41) is 7.35. The summed E-state index contributed by atoms with van der Waals surface area (Å²) in [6, 6.07) is 3.56. The molecule has 2 aliphatic rings. The first-order valence-electron chi connectivity index (χ1n) is 8.64. The number of nitrogens with one attached hydrogen (secondary N) is 1. The Balaban J connectivity index is 1.30. The number of furan rings is 1. The predicted octanol–water partition coefficient (Wildman–Crippen LogP) is 1.72. The Morgan fingerprint density at radius 1 is 1.29 bits per heavy atom. The first-order valence-corrected chi connectivity index (χ1v) is 8.64. The highest BCUT2D eigenvalue weighted by molar-refractivity contribution is 5.76. The summed E-state index contributed by atoms with van der Waals surface area (Å²) in [7, 11) is 0. The molecule has 7 nitrogen and oxygen atoms in total. The number of hydrogen-bond acceptors (Lipinski definition) is 6. The van der Waals surface area contributed by atoms with E-state index in [4.69, 9.17) is 8.94 Å². The van der Waals surface area contributed by atoms with Crippen molar-refractivity contribution in [1.82, 2.24) is 20.4 Å². The monoisotopic (exact) mass is 330 g/mol. The van der Waals surface area contributed by atoms with Crippen LogP contribution in [0.5, 0.6) is 0 Å². The summed E-state index contributed by atoms with van der Waals surface area (Å²) in [4.78, 5) is 18.8. The van der Waals surface area contributed by atoms with Crippen molar-refractivity contribution >= 4 is 5.91 Å². The average Bonchev–Trinajstić information content (AvgIpc) is 3.32. The second-order valence-electron chi connectivity index (χ2n) is 6.63. The fourth-order valence-electron chi connectivity index (χ4n) is 3.70. The number of likely N-dealkylation sites (tertiary alicyclic amines) is 1. The highest BCUT2D eigenvalue weighted by Crippen LogP contribution is 2.27. The van der Waals surface area contributed by atoms with Crippen molar-refractivity contribution in [2.24, 2.45) is 11.8 Å². The molecule has 1 N–H and O–H groups in total. The zero-order valence-corrected chi connectivity index (χ0v) is 13.6. The van der Waals surface area contributed by atoms with Gasteiger partial charge in [0.05, 0.1) is 6.26 Å². The standard InChI is InChI=1S/C17H22N4O3/c22-16(21-7-5-12-10-18-11-13(12)6-8-21)4-3-15-19-17(20-24-15)14-2-1-9-23-14/h1-2,9,12-13,18H,3-8,10-11H2/t12-,13+. The molecule has 4 heterocycles. The fourth-order valence-corrected chi connectivity index (χ4v) is 3.70. The van der Waals surface area contributed by atoms with Crippen molar-refractivity contribution < 1.29 is 13.7 Å². The number of carbonyl (C=O) groups excluding carboxylic acids is 1. The second kappa shape index (κ2) is 6.76. The van der Waals surface area contributed by atoms with E-state index >= 15 is 0 Å². The van der Waals surface area contributed by atoms with Crippen LogP contribution >= 0.6 is 0 Å². The zero-order chi connectivity index (χ0) is 16.4. The van der Waals surface area contributed by atoms with E-state index in [-0.39, 0.29) is 5.91 Å². The number of hydrogen-bond donors (Lipinski definition) is 1. The van der Waals surface area contributed by atoms with Crippen LogP contribution in [0.1, 0.15) is 25.2 Å². The van der Waals surface area contributed by atoms with E-state index in [2.05, 4.69) is 15.5 Å². The number of rotatable bonds is 4. The first kappa shape index (κ1) is 15.4. The Hall–Kier alpha value is -2.15. The maximum absolute atomic E-state index is 12.5. The highest BCUT2D eigenvalue weighted by Gasteiger charge is 2.31.